The van der Waals surface area contributed by atoms with Crippen LogP contribution in [0.5, 0.6) is 0 Å². The number of nitrogens with one attached hydrogen (secondary N) is 1. The van der Waals surface area contributed by atoms with E-state index in [1.54, 1.807) is 0 Å². The van der Waals surface area contributed by atoms with Crippen LogP contribution in [0, 0.1) is 0 Å². The number of halogens is 1. The van der Waals surface area contributed by atoms with Crippen molar-refractivity contribution in [2.24, 2.45) is 0 Å². The molecule has 2 aliphatic rings. The van der Waals surface area contributed by atoms with Gasteiger partial charge in [0.15, 0.2) is 0 Å². The molecule has 2 atom stereocenters. The zero-order chi connectivity index (χ0) is 13.2. The summed E-state index contributed by atoms with van der Waals surface area (Å²) in [4.78, 5) is 7.13. The van der Waals surface area contributed by atoms with E-state index in [4.69, 9.17) is 0 Å². The Hall–Kier alpha value is -0.610. The van der Waals surface area contributed by atoms with Gasteiger partial charge < -0.3 is 10.2 Å². The number of anilines is 1. The second-order valence-electron chi connectivity index (χ2n) is 5.79. The predicted octanol–water partition coefficient (Wildman–Crippen LogP) is 3.34. The fourth-order valence-corrected chi connectivity index (χ4v) is 3.78. The highest BCUT2D eigenvalue weighted by atomic mass is 79.9. The highest BCUT2D eigenvalue weighted by Gasteiger charge is 2.36. The van der Waals surface area contributed by atoms with Gasteiger partial charge in [0.05, 0.1) is 0 Å². The third-order valence-electron chi connectivity index (χ3n) is 4.36. The monoisotopic (exact) mass is 323 g/mol. The van der Waals surface area contributed by atoms with Gasteiger partial charge in [-0.15, -0.1) is 0 Å². The second kappa shape index (κ2) is 5.80. The Labute approximate surface area is 123 Å². The minimum Gasteiger partial charge on any atom is -0.354 e. The average Bonchev–Trinajstić information content (AvgIpc) is 2.76. The first-order valence-corrected chi connectivity index (χ1v) is 8.20. The summed E-state index contributed by atoms with van der Waals surface area (Å²) < 4.78 is 1.05. The van der Waals surface area contributed by atoms with E-state index in [0.29, 0.717) is 6.04 Å². The van der Waals surface area contributed by atoms with Crippen LogP contribution >= 0.6 is 15.9 Å². The molecule has 1 aromatic heterocycles. The largest absolute Gasteiger partial charge is 0.354 e. The molecule has 2 saturated heterocycles. The lowest BCUT2D eigenvalue weighted by Crippen LogP contribution is -2.48. The van der Waals surface area contributed by atoms with Crippen LogP contribution in [0.25, 0.3) is 0 Å². The molecule has 3 heterocycles. The summed E-state index contributed by atoms with van der Waals surface area (Å²) in [7, 11) is 0. The van der Waals surface area contributed by atoms with E-state index in [2.05, 4.69) is 50.2 Å². The Balaban J connectivity index is 1.78. The fraction of sp³-hybridized carbons (Fsp3) is 0.667. The third-order valence-corrected chi connectivity index (χ3v) is 4.83. The lowest BCUT2D eigenvalue weighted by atomic mass is 9.98. The van der Waals surface area contributed by atoms with Gasteiger partial charge in [0, 0.05) is 35.3 Å². The topological polar surface area (TPSA) is 28.2 Å². The van der Waals surface area contributed by atoms with Gasteiger partial charge in [0.1, 0.15) is 5.82 Å². The summed E-state index contributed by atoms with van der Waals surface area (Å²) in [6.45, 7) is 3.36. The lowest BCUT2D eigenvalue weighted by Gasteiger charge is -2.38. The molecule has 1 aromatic rings. The number of pyridine rings is 1. The van der Waals surface area contributed by atoms with Gasteiger partial charge >= 0.3 is 0 Å². The SMILES string of the molecule is CCCN(c1ccc(Br)cn1)C1CC2CCC(C1)N2. The molecular weight excluding hydrogens is 302 g/mol. The number of rotatable bonds is 4. The van der Waals surface area contributed by atoms with Crippen LogP contribution in [-0.2, 0) is 0 Å². The zero-order valence-electron chi connectivity index (χ0n) is 11.5. The van der Waals surface area contributed by atoms with Crippen molar-refractivity contribution < 1.29 is 0 Å². The molecule has 19 heavy (non-hydrogen) atoms. The Morgan fingerprint density at radius 1 is 1.32 bits per heavy atom. The molecule has 0 saturated carbocycles. The summed E-state index contributed by atoms with van der Waals surface area (Å²) in [5.74, 6) is 1.14. The summed E-state index contributed by atoms with van der Waals surface area (Å²) >= 11 is 3.47. The van der Waals surface area contributed by atoms with Crippen molar-refractivity contribution in [1.29, 1.82) is 0 Å². The summed E-state index contributed by atoms with van der Waals surface area (Å²) in [6.07, 6.45) is 8.34. The minimum absolute atomic E-state index is 0.660. The molecule has 2 unspecified atom stereocenters. The second-order valence-corrected chi connectivity index (χ2v) is 6.71. The van der Waals surface area contributed by atoms with Crippen molar-refractivity contribution in [3.05, 3.63) is 22.8 Å². The van der Waals surface area contributed by atoms with E-state index in [-0.39, 0.29) is 0 Å². The van der Waals surface area contributed by atoms with Gasteiger partial charge in [-0.25, -0.2) is 4.98 Å². The Bertz CT molecular complexity index is 408. The first-order valence-electron chi connectivity index (χ1n) is 7.40. The Morgan fingerprint density at radius 3 is 2.63 bits per heavy atom. The molecular formula is C15H22BrN3. The minimum atomic E-state index is 0.660. The molecule has 0 spiro atoms. The number of aromatic nitrogens is 1. The molecule has 1 N–H and O–H groups in total. The first-order chi connectivity index (χ1) is 9.26. The maximum Gasteiger partial charge on any atom is 0.128 e. The first kappa shape index (κ1) is 13.4. The predicted molar refractivity (Wildman–Crippen MR) is 82.5 cm³/mol. The van der Waals surface area contributed by atoms with Gasteiger partial charge in [-0.05, 0) is 60.2 Å². The van der Waals surface area contributed by atoms with Crippen molar-refractivity contribution in [1.82, 2.24) is 10.3 Å². The van der Waals surface area contributed by atoms with Gasteiger partial charge in [-0.1, -0.05) is 6.92 Å². The van der Waals surface area contributed by atoms with E-state index in [1.165, 1.54) is 32.1 Å². The maximum atomic E-state index is 4.60. The quantitative estimate of drug-likeness (QED) is 0.921. The van der Waals surface area contributed by atoms with Crippen molar-refractivity contribution in [2.75, 3.05) is 11.4 Å². The molecule has 2 aliphatic heterocycles. The van der Waals surface area contributed by atoms with E-state index in [0.717, 1.165) is 28.9 Å². The molecule has 4 heteroatoms. The van der Waals surface area contributed by atoms with Crippen LogP contribution in [-0.4, -0.2) is 29.7 Å². The van der Waals surface area contributed by atoms with Crippen molar-refractivity contribution in [3.8, 4) is 0 Å². The summed E-state index contributed by atoms with van der Waals surface area (Å²) in [5.41, 5.74) is 0. The number of nitrogens with zero attached hydrogens (tertiary/aromatic N) is 2. The van der Waals surface area contributed by atoms with Crippen molar-refractivity contribution >= 4 is 21.7 Å². The molecule has 0 radical (unpaired) electrons. The van der Waals surface area contributed by atoms with Crippen LogP contribution in [0.4, 0.5) is 5.82 Å². The van der Waals surface area contributed by atoms with Gasteiger partial charge in [0.2, 0.25) is 0 Å². The highest BCUT2D eigenvalue weighted by molar-refractivity contribution is 9.10. The van der Waals surface area contributed by atoms with Crippen LogP contribution in [0.1, 0.15) is 39.0 Å². The molecule has 2 fully saturated rings. The molecule has 2 bridgehead atoms. The zero-order valence-corrected chi connectivity index (χ0v) is 13.1. The van der Waals surface area contributed by atoms with Gasteiger partial charge in [-0.3, -0.25) is 0 Å². The number of hydrogen-bond acceptors (Lipinski definition) is 3. The highest BCUT2D eigenvalue weighted by Crippen LogP contribution is 2.31. The molecule has 0 aromatic carbocycles. The molecule has 3 rings (SSSR count). The van der Waals surface area contributed by atoms with Crippen LogP contribution in [0.15, 0.2) is 22.8 Å². The standard InChI is InChI=1S/C15H22BrN3/c1-2-7-19(15-6-3-11(16)10-17-15)14-8-12-4-5-13(9-14)18-12/h3,6,10,12-14,18H,2,4-5,7-9H2,1H3. The van der Waals surface area contributed by atoms with E-state index < -0.39 is 0 Å². The summed E-state index contributed by atoms with van der Waals surface area (Å²) in [6, 6.07) is 6.37. The smallest absolute Gasteiger partial charge is 0.128 e. The Morgan fingerprint density at radius 2 is 2.05 bits per heavy atom. The molecule has 0 amide bonds. The van der Waals surface area contributed by atoms with Crippen LogP contribution < -0.4 is 10.2 Å². The van der Waals surface area contributed by atoms with Crippen molar-refractivity contribution in [3.63, 3.8) is 0 Å². The van der Waals surface area contributed by atoms with Crippen molar-refractivity contribution in [2.45, 2.75) is 57.2 Å². The maximum absolute atomic E-state index is 4.60. The van der Waals surface area contributed by atoms with E-state index >= 15 is 0 Å². The average molecular weight is 324 g/mol. The number of hydrogen-bond donors (Lipinski definition) is 1. The van der Waals surface area contributed by atoms with Crippen LogP contribution in [0.3, 0.4) is 0 Å². The lowest BCUT2D eigenvalue weighted by molar-refractivity contribution is 0.345. The number of fused-ring (bicyclic) bond motifs is 2. The number of piperidine rings is 1. The Kier molecular flexibility index (Phi) is 4.08. The van der Waals surface area contributed by atoms with E-state index in [1.807, 2.05) is 6.20 Å². The summed E-state index contributed by atoms with van der Waals surface area (Å²) in [5, 5.41) is 3.72. The van der Waals surface area contributed by atoms with Gasteiger partial charge in [0.25, 0.3) is 0 Å². The molecule has 104 valence electrons. The normalized spacial score (nSPS) is 29.5. The molecule has 0 aliphatic carbocycles. The van der Waals surface area contributed by atoms with E-state index in [9.17, 15) is 0 Å². The van der Waals surface area contributed by atoms with Crippen LogP contribution in [0.2, 0.25) is 0 Å². The molecule has 3 nitrogen and oxygen atoms in total. The van der Waals surface area contributed by atoms with Gasteiger partial charge in [-0.2, -0.15) is 0 Å². The fourth-order valence-electron chi connectivity index (χ4n) is 3.54. The third kappa shape index (κ3) is 2.95.